The summed E-state index contributed by atoms with van der Waals surface area (Å²) < 4.78 is 9.24. The molecule has 0 spiro atoms. The Labute approximate surface area is 103 Å². The molecule has 0 N–H and O–H groups in total. The number of aromatic nitrogens is 1. The third kappa shape index (κ3) is 3.45. The van der Waals surface area contributed by atoms with Gasteiger partial charge in [-0.05, 0) is 5.92 Å². The maximum atomic E-state index is 10.8. The van der Waals surface area contributed by atoms with E-state index in [1.165, 1.54) is 26.4 Å². The molecule has 94 valence electrons. The van der Waals surface area contributed by atoms with E-state index < -0.39 is 10.9 Å². The molecule has 0 aromatic carbocycles. The molecule has 0 unspecified atom stereocenters. The van der Waals surface area contributed by atoms with Crippen molar-refractivity contribution in [3.05, 3.63) is 27.9 Å². The molecule has 0 atom stereocenters. The van der Waals surface area contributed by atoms with Crippen LogP contribution in [0.5, 0.6) is 5.88 Å². The highest BCUT2D eigenvalue weighted by Gasteiger charge is 2.14. The van der Waals surface area contributed by atoms with E-state index in [9.17, 15) is 14.9 Å². The van der Waals surface area contributed by atoms with Gasteiger partial charge < -0.3 is 9.47 Å². The van der Waals surface area contributed by atoms with Crippen LogP contribution >= 0.6 is 0 Å². The van der Waals surface area contributed by atoms with Crippen molar-refractivity contribution < 1.29 is 19.2 Å². The minimum absolute atomic E-state index is 0.0525. The van der Waals surface area contributed by atoms with Crippen LogP contribution in [0.4, 0.5) is 5.69 Å². The van der Waals surface area contributed by atoms with Gasteiger partial charge in [0.15, 0.2) is 5.69 Å². The van der Waals surface area contributed by atoms with Gasteiger partial charge in [0.2, 0.25) is 5.88 Å². The lowest BCUT2D eigenvalue weighted by Gasteiger charge is -1.99. The topological polar surface area (TPSA) is 91.6 Å². The fraction of sp³-hybridized carbons (Fsp3) is 0.273. The smallest absolute Gasteiger partial charge is 0.317 e. The fourth-order valence-corrected chi connectivity index (χ4v) is 1.06. The zero-order valence-corrected chi connectivity index (χ0v) is 9.80. The highest BCUT2D eigenvalue weighted by atomic mass is 16.6. The van der Waals surface area contributed by atoms with Gasteiger partial charge in [-0.15, -0.1) is 0 Å². The van der Waals surface area contributed by atoms with E-state index in [-0.39, 0.29) is 23.7 Å². The molecule has 0 saturated heterocycles. The first-order chi connectivity index (χ1) is 8.58. The summed E-state index contributed by atoms with van der Waals surface area (Å²) in [7, 11) is 2.62. The first-order valence-corrected chi connectivity index (χ1v) is 4.83. The Kier molecular flexibility index (Phi) is 4.63. The summed E-state index contributed by atoms with van der Waals surface area (Å²) in [6.07, 6.45) is -0.160. The first-order valence-electron chi connectivity index (χ1n) is 4.83. The minimum atomic E-state index is -0.603. The second kappa shape index (κ2) is 6.20. The van der Waals surface area contributed by atoms with E-state index in [0.29, 0.717) is 0 Å². The molecular formula is C11H10N2O5. The number of pyridine rings is 1. The van der Waals surface area contributed by atoms with Crippen molar-refractivity contribution >= 4 is 11.7 Å². The molecule has 1 heterocycles. The summed E-state index contributed by atoms with van der Waals surface area (Å²) in [5.41, 5.74) is -0.295. The van der Waals surface area contributed by atoms with Crippen molar-refractivity contribution in [1.82, 2.24) is 4.98 Å². The van der Waals surface area contributed by atoms with Gasteiger partial charge in [-0.2, -0.15) is 4.98 Å². The number of ether oxygens (including phenoxy) is 2. The van der Waals surface area contributed by atoms with Gasteiger partial charge in [0, 0.05) is 12.1 Å². The van der Waals surface area contributed by atoms with Crippen molar-refractivity contribution in [1.29, 1.82) is 0 Å². The summed E-state index contributed by atoms with van der Waals surface area (Å²) in [6.45, 7) is 0. The molecule has 7 heteroatoms. The maximum absolute atomic E-state index is 10.8. The van der Waals surface area contributed by atoms with Gasteiger partial charge in [0.25, 0.3) is 0 Å². The number of nitrogens with zero attached hydrogens (tertiary/aromatic N) is 2. The van der Waals surface area contributed by atoms with Crippen LogP contribution in [-0.4, -0.2) is 30.1 Å². The molecule has 1 aromatic heterocycles. The quantitative estimate of drug-likeness (QED) is 0.342. The maximum Gasteiger partial charge on any atom is 0.317 e. The van der Waals surface area contributed by atoms with Gasteiger partial charge in [-0.3, -0.25) is 14.9 Å². The number of esters is 1. The number of nitro groups is 1. The Balaban J connectivity index is 3.04. The van der Waals surface area contributed by atoms with Crippen molar-refractivity contribution in [2.75, 3.05) is 14.2 Å². The number of rotatable bonds is 3. The highest BCUT2D eigenvalue weighted by Crippen LogP contribution is 2.18. The number of hydrogen-bond donors (Lipinski definition) is 0. The summed E-state index contributed by atoms with van der Waals surface area (Å²) in [5.74, 6) is 4.59. The fourth-order valence-electron chi connectivity index (χ4n) is 1.06. The molecule has 0 aliphatic carbocycles. The van der Waals surface area contributed by atoms with Gasteiger partial charge in [0.05, 0.1) is 19.1 Å². The van der Waals surface area contributed by atoms with E-state index in [2.05, 4.69) is 21.6 Å². The molecule has 1 aromatic rings. The second-order valence-corrected chi connectivity index (χ2v) is 3.03. The Morgan fingerprint density at radius 1 is 1.50 bits per heavy atom. The molecule has 7 nitrogen and oxygen atoms in total. The molecule has 0 fully saturated rings. The third-order valence-electron chi connectivity index (χ3n) is 1.92. The van der Waals surface area contributed by atoms with Crippen molar-refractivity contribution in [2.24, 2.45) is 0 Å². The first kappa shape index (κ1) is 13.4. The molecule has 18 heavy (non-hydrogen) atoms. The zero-order valence-electron chi connectivity index (χ0n) is 9.80. The summed E-state index contributed by atoms with van der Waals surface area (Å²) >= 11 is 0. The molecule has 1 rings (SSSR count). The molecule has 0 radical (unpaired) electrons. The van der Waals surface area contributed by atoms with Crippen molar-refractivity contribution in [3.63, 3.8) is 0 Å². The average Bonchev–Trinajstić information content (AvgIpc) is 2.37. The van der Waals surface area contributed by atoms with Crippen LogP contribution in [0.3, 0.4) is 0 Å². The second-order valence-electron chi connectivity index (χ2n) is 3.03. The lowest BCUT2D eigenvalue weighted by molar-refractivity contribution is -0.385. The Morgan fingerprint density at radius 2 is 2.22 bits per heavy atom. The number of hydrogen-bond acceptors (Lipinski definition) is 6. The lowest BCUT2D eigenvalue weighted by atomic mass is 10.3. The van der Waals surface area contributed by atoms with Crippen LogP contribution in [0.2, 0.25) is 0 Å². The molecule has 0 bridgehead atoms. The average molecular weight is 250 g/mol. The molecular weight excluding hydrogens is 240 g/mol. The Morgan fingerprint density at radius 3 is 2.78 bits per heavy atom. The normalized spacial score (nSPS) is 9.00. The van der Waals surface area contributed by atoms with Gasteiger partial charge >= 0.3 is 11.7 Å². The van der Waals surface area contributed by atoms with Gasteiger partial charge in [-0.25, -0.2) is 0 Å². The van der Waals surface area contributed by atoms with E-state index in [1.54, 1.807) is 0 Å². The largest absolute Gasteiger partial charge is 0.481 e. The molecule has 0 aliphatic rings. The Bertz CT molecular complexity index is 530. The predicted octanol–water partition coefficient (Wildman–Crippen LogP) is 0.913. The SMILES string of the molecule is COC(=O)CC#Cc1nc(OC)ccc1[N+](=O)[O-]. The lowest BCUT2D eigenvalue weighted by Crippen LogP contribution is -1.99. The van der Waals surface area contributed by atoms with E-state index in [4.69, 9.17) is 4.74 Å². The monoisotopic (exact) mass is 250 g/mol. The molecule has 0 aliphatic heterocycles. The van der Waals surface area contributed by atoms with Crippen molar-refractivity contribution in [3.8, 4) is 17.7 Å². The number of methoxy groups -OCH3 is 2. The number of carbonyl (C=O) groups excluding carboxylic acids is 1. The van der Waals surface area contributed by atoms with Crippen LogP contribution < -0.4 is 4.74 Å². The van der Waals surface area contributed by atoms with Crippen LogP contribution in [-0.2, 0) is 9.53 Å². The molecule has 0 saturated carbocycles. The van der Waals surface area contributed by atoms with E-state index in [1.807, 2.05) is 0 Å². The molecule has 0 amide bonds. The predicted molar refractivity (Wildman–Crippen MR) is 61.0 cm³/mol. The van der Waals surface area contributed by atoms with E-state index in [0.717, 1.165) is 0 Å². The third-order valence-corrected chi connectivity index (χ3v) is 1.92. The van der Waals surface area contributed by atoms with Crippen molar-refractivity contribution in [2.45, 2.75) is 6.42 Å². The minimum Gasteiger partial charge on any atom is -0.481 e. The van der Waals surface area contributed by atoms with Crippen LogP contribution in [0.1, 0.15) is 12.1 Å². The summed E-state index contributed by atoms with van der Waals surface area (Å²) in [6, 6.07) is 2.61. The zero-order chi connectivity index (χ0) is 13.5. The van der Waals surface area contributed by atoms with Gasteiger partial charge in [-0.1, -0.05) is 5.92 Å². The number of carbonyl (C=O) groups is 1. The van der Waals surface area contributed by atoms with Crippen LogP contribution in [0, 0.1) is 22.0 Å². The highest BCUT2D eigenvalue weighted by molar-refractivity contribution is 5.72. The van der Waals surface area contributed by atoms with Crippen LogP contribution in [0.25, 0.3) is 0 Å². The Hall–Kier alpha value is -2.62. The van der Waals surface area contributed by atoms with E-state index >= 15 is 0 Å². The van der Waals surface area contributed by atoms with Gasteiger partial charge in [0.1, 0.15) is 6.42 Å². The standard InChI is InChI=1S/C11H10N2O5/c1-17-10-7-6-9(13(15)16)8(12-10)4-3-5-11(14)18-2/h6-7H,5H2,1-2H3. The summed E-state index contributed by atoms with van der Waals surface area (Å²) in [5, 5.41) is 10.7. The summed E-state index contributed by atoms with van der Waals surface area (Å²) in [4.78, 5) is 24.8. The van der Waals surface area contributed by atoms with Crippen LogP contribution in [0.15, 0.2) is 12.1 Å².